The van der Waals surface area contributed by atoms with Gasteiger partial charge >= 0.3 is 6.09 Å². The zero-order chi connectivity index (χ0) is 18.9. The monoisotopic (exact) mass is 353 g/mol. The molecule has 2 aromatic rings. The molecule has 2 N–H and O–H groups in total. The van der Waals surface area contributed by atoms with Gasteiger partial charge in [0, 0.05) is 12.2 Å². The summed E-state index contributed by atoms with van der Waals surface area (Å²) in [5, 5.41) is 15.1. The molecule has 0 saturated carbocycles. The highest BCUT2D eigenvalue weighted by Gasteiger charge is 2.08. The van der Waals surface area contributed by atoms with Gasteiger partial charge in [0.15, 0.2) is 0 Å². The van der Waals surface area contributed by atoms with Crippen LogP contribution in [0.1, 0.15) is 31.9 Å². The first-order valence-electron chi connectivity index (χ1n) is 8.49. The molecule has 0 aromatic heterocycles. The van der Waals surface area contributed by atoms with E-state index in [1.54, 1.807) is 25.1 Å². The first-order valence-corrected chi connectivity index (χ1v) is 8.49. The summed E-state index contributed by atoms with van der Waals surface area (Å²) < 4.78 is 10.5. The quantitative estimate of drug-likeness (QED) is 0.764. The van der Waals surface area contributed by atoms with E-state index in [2.05, 4.69) is 16.7 Å². The molecule has 136 valence electrons. The van der Waals surface area contributed by atoms with Gasteiger partial charge in [-0.1, -0.05) is 12.1 Å². The van der Waals surface area contributed by atoms with Crippen molar-refractivity contribution in [2.75, 3.05) is 17.2 Å². The number of amides is 1. The minimum absolute atomic E-state index is 0.144. The number of rotatable bonds is 7. The van der Waals surface area contributed by atoms with Crippen molar-refractivity contribution in [3.63, 3.8) is 0 Å². The second-order valence-electron chi connectivity index (χ2n) is 5.88. The number of carbonyl (C=O) groups is 1. The lowest BCUT2D eigenvalue weighted by molar-refractivity contribution is 0.168. The molecule has 0 unspecified atom stereocenters. The van der Waals surface area contributed by atoms with Crippen LogP contribution in [0.2, 0.25) is 0 Å². The summed E-state index contributed by atoms with van der Waals surface area (Å²) in [6.07, 6.45) is -0.432. The second kappa shape index (κ2) is 9.33. The Hall–Kier alpha value is -3.20. The summed E-state index contributed by atoms with van der Waals surface area (Å²) in [6, 6.07) is 15.1. The summed E-state index contributed by atoms with van der Waals surface area (Å²) in [5.74, 6) is 0.838. The van der Waals surface area contributed by atoms with Crippen molar-refractivity contribution in [3.05, 3.63) is 53.6 Å². The fourth-order valence-corrected chi connectivity index (χ4v) is 2.30. The Labute approximate surface area is 153 Å². The van der Waals surface area contributed by atoms with Crippen LogP contribution in [-0.4, -0.2) is 18.8 Å². The summed E-state index contributed by atoms with van der Waals surface area (Å²) in [6.45, 7) is 6.58. The van der Waals surface area contributed by atoms with Crippen LogP contribution >= 0.6 is 0 Å². The molecule has 0 radical (unpaired) electrons. The third kappa shape index (κ3) is 5.71. The van der Waals surface area contributed by atoms with Crippen molar-refractivity contribution in [1.82, 2.24) is 0 Å². The van der Waals surface area contributed by atoms with Crippen molar-refractivity contribution in [2.45, 2.75) is 33.4 Å². The van der Waals surface area contributed by atoms with Crippen LogP contribution in [-0.2, 0) is 11.3 Å². The maximum Gasteiger partial charge on any atom is 0.411 e. The number of benzene rings is 2. The van der Waals surface area contributed by atoms with Crippen molar-refractivity contribution < 1.29 is 14.3 Å². The van der Waals surface area contributed by atoms with Gasteiger partial charge in [-0.25, -0.2) is 4.79 Å². The highest BCUT2D eigenvalue weighted by atomic mass is 16.5. The Morgan fingerprint density at radius 3 is 2.54 bits per heavy atom. The number of carbonyl (C=O) groups excluding carboxylic acids is 1. The molecule has 0 heterocycles. The first kappa shape index (κ1) is 19.1. The average Bonchev–Trinajstić information content (AvgIpc) is 2.61. The average molecular weight is 353 g/mol. The summed E-state index contributed by atoms with van der Waals surface area (Å²) in [7, 11) is 0. The van der Waals surface area contributed by atoms with Crippen LogP contribution in [0.25, 0.3) is 0 Å². The van der Waals surface area contributed by atoms with Gasteiger partial charge in [0.2, 0.25) is 0 Å². The number of anilines is 2. The van der Waals surface area contributed by atoms with E-state index in [0.717, 1.165) is 17.0 Å². The molecule has 0 aliphatic heterocycles. The van der Waals surface area contributed by atoms with E-state index < -0.39 is 6.09 Å². The van der Waals surface area contributed by atoms with Crippen LogP contribution in [0.5, 0.6) is 5.75 Å². The van der Waals surface area contributed by atoms with E-state index in [1.165, 1.54) is 0 Å². The summed E-state index contributed by atoms with van der Waals surface area (Å²) >= 11 is 0. The van der Waals surface area contributed by atoms with E-state index >= 15 is 0 Å². The lowest BCUT2D eigenvalue weighted by atomic mass is 10.1. The first-order chi connectivity index (χ1) is 12.5. The molecule has 6 nitrogen and oxygen atoms in total. The van der Waals surface area contributed by atoms with Gasteiger partial charge in [-0.15, -0.1) is 0 Å². The fraction of sp³-hybridized carbons (Fsp3) is 0.300. The maximum atomic E-state index is 11.5. The zero-order valence-corrected chi connectivity index (χ0v) is 15.2. The lowest BCUT2D eigenvalue weighted by Crippen LogP contribution is -2.14. The maximum absolute atomic E-state index is 11.5. The molecule has 1 amide bonds. The number of nitrogens with zero attached hydrogens (tertiary/aromatic N) is 1. The normalized spacial score (nSPS) is 10.1. The molecule has 0 aliphatic rings. The van der Waals surface area contributed by atoms with Crippen molar-refractivity contribution >= 4 is 17.5 Å². The van der Waals surface area contributed by atoms with Crippen LogP contribution in [0.15, 0.2) is 42.5 Å². The molecule has 0 atom stereocenters. The molecule has 0 saturated heterocycles. The van der Waals surface area contributed by atoms with E-state index in [4.69, 9.17) is 9.47 Å². The number of hydrogen-bond donors (Lipinski definition) is 2. The standard InChI is InChI=1S/C20H23N3O3/c1-4-25-20(24)23-19-10-7-17(11-16(19)12-21)22-13-15-5-8-18(9-6-15)26-14(2)3/h5-11,14,22H,4,13H2,1-3H3,(H,23,24). The predicted octanol–water partition coefficient (Wildman–Crippen LogP) is 4.53. The third-order valence-corrected chi connectivity index (χ3v) is 3.44. The van der Waals surface area contributed by atoms with Gasteiger partial charge in [0.05, 0.1) is 24.0 Å². The number of ether oxygens (including phenoxy) is 2. The molecular weight excluding hydrogens is 330 g/mol. The van der Waals surface area contributed by atoms with Crippen LogP contribution in [0.4, 0.5) is 16.2 Å². The van der Waals surface area contributed by atoms with Gasteiger partial charge in [-0.3, -0.25) is 5.32 Å². The Balaban J connectivity index is 1.99. The number of hydrogen-bond acceptors (Lipinski definition) is 5. The molecule has 0 spiro atoms. The van der Waals surface area contributed by atoms with Crippen molar-refractivity contribution in [2.24, 2.45) is 0 Å². The highest BCUT2D eigenvalue weighted by molar-refractivity contribution is 5.87. The smallest absolute Gasteiger partial charge is 0.411 e. The molecule has 2 aromatic carbocycles. The molecule has 26 heavy (non-hydrogen) atoms. The van der Waals surface area contributed by atoms with Crippen LogP contribution in [0, 0.1) is 11.3 Å². The Morgan fingerprint density at radius 1 is 1.19 bits per heavy atom. The molecule has 0 fully saturated rings. The Bertz CT molecular complexity index is 780. The van der Waals surface area contributed by atoms with Crippen LogP contribution < -0.4 is 15.4 Å². The van der Waals surface area contributed by atoms with Crippen molar-refractivity contribution in [1.29, 1.82) is 5.26 Å². The predicted molar refractivity (Wildman–Crippen MR) is 101 cm³/mol. The van der Waals surface area contributed by atoms with E-state index in [1.807, 2.05) is 38.1 Å². The van der Waals surface area contributed by atoms with Gasteiger partial charge in [0.25, 0.3) is 0 Å². The molecule has 0 aliphatic carbocycles. The number of nitrogens with one attached hydrogen (secondary N) is 2. The minimum Gasteiger partial charge on any atom is -0.491 e. The van der Waals surface area contributed by atoms with E-state index in [9.17, 15) is 10.1 Å². The Morgan fingerprint density at radius 2 is 1.92 bits per heavy atom. The van der Waals surface area contributed by atoms with Crippen molar-refractivity contribution in [3.8, 4) is 11.8 Å². The Kier molecular flexibility index (Phi) is 6.86. The highest BCUT2D eigenvalue weighted by Crippen LogP contribution is 2.21. The molecular formula is C20H23N3O3. The van der Waals surface area contributed by atoms with Gasteiger partial charge in [-0.2, -0.15) is 5.26 Å². The van der Waals surface area contributed by atoms with Gasteiger partial charge in [-0.05, 0) is 56.7 Å². The van der Waals surface area contributed by atoms with Gasteiger partial charge < -0.3 is 14.8 Å². The van der Waals surface area contributed by atoms with E-state index in [0.29, 0.717) is 17.8 Å². The third-order valence-electron chi connectivity index (χ3n) is 3.44. The topological polar surface area (TPSA) is 83.4 Å². The largest absolute Gasteiger partial charge is 0.491 e. The fourth-order valence-electron chi connectivity index (χ4n) is 2.30. The summed E-state index contributed by atoms with van der Waals surface area (Å²) in [4.78, 5) is 11.5. The summed E-state index contributed by atoms with van der Waals surface area (Å²) in [5.41, 5.74) is 2.67. The molecule has 0 bridgehead atoms. The van der Waals surface area contributed by atoms with Gasteiger partial charge in [0.1, 0.15) is 11.8 Å². The second-order valence-corrected chi connectivity index (χ2v) is 5.88. The minimum atomic E-state index is -0.576. The number of nitriles is 1. The zero-order valence-electron chi connectivity index (χ0n) is 15.2. The molecule has 6 heteroatoms. The van der Waals surface area contributed by atoms with Crippen LogP contribution in [0.3, 0.4) is 0 Å². The van der Waals surface area contributed by atoms with E-state index in [-0.39, 0.29) is 12.7 Å². The molecule has 2 rings (SSSR count). The lowest BCUT2D eigenvalue weighted by Gasteiger charge is -2.12. The SMILES string of the molecule is CCOC(=O)Nc1ccc(NCc2ccc(OC(C)C)cc2)cc1C#N.